The molecule has 0 bridgehead atoms. The molecule has 0 aromatic heterocycles. The smallest absolute Gasteiger partial charge is 0.244 e. The van der Waals surface area contributed by atoms with Gasteiger partial charge in [-0.15, -0.1) is 0 Å². The van der Waals surface area contributed by atoms with Crippen molar-refractivity contribution in [1.29, 1.82) is 0 Å². The van der Waals surface area contributed by atoms with Gasteiger partial charge in [0.15, 0.2) is 21.3 Å². The van der Waals surface area contributed by atoms with Crippen molar-refractivity contribution in [3.63, 3.8) is 0 Å². The molecule has 0 fully saturated rings. The highest BCUT2D eigenvalue weighted by atomic mass is 32.2. The van der Waals surface area contributed by atoms with E-state index in [0.717, 1.165) is 11.1 Å². The summed E-state index contributed by atoms with van der Waals surface area (Å²) < 4.78 is 38.2. The van der Waals surface area contributed by atoms with Gasteiger partial charge < -0.3 is 19.7 Å². The zero-order chi connectivity index (χ0) is 26.0. The minimum absolute atomic E-state index is 0.00447. The van der Waals surface area contributed by atoms with Crippen LogP contribution in [0, 0.1) is 13.8 Å². The summed E-state index contributed by atoms with van der Waals surface area (Å²) >= 11 is 0. The molecule has 1 heterocycles. The van der Waals surface area contributed by atoms with Gasteiger partial charge in [-0.2, -0.15) is 0 Å². The molecule has 0 radical (unpaired) electrons. The number of methoxy groups -OCH3 is 2. The monoisotopic (exact) mass is 508 g/mol. The molecule has 4 rings (SSSR count). The van der Waals surface area contributed by atoms with Gasteiger partial charge in [0.1, 0.15) is 6.54 Å². The first-order valence-corrected chi connectivity index (χ1v) is 12.9. The zero-order valence-corrected chi connectivity index (χ0v) is 21.4. The average Bonchev–Trinajstić information content (AvgIpc) is 2.95. The van der Waals surface area contributed by atoms with Crippen LogP contribution >= 0.6 is 0 Å². The van der Waals surface area contributed by atoms with Crippen molar-refractivity contribution in [3.05, 3.63) is 77.4 Å². The quantitative estimate of drug-likeness (QED) is 0.535. The van der Waals surface area contributed by atoms with E-state index in [9.17, 15) is 18.0 Å². The minimum Gasteiger partial charge on any atom is -0.493 e. The van der Waals surface area contributed by atoms with Crippen LogP contribution < -0.4 is 19.7 Å². The van der Waals surface area contributed by atoms with E-state index >= 15 is 0 Å². The summed E-state index contributed by atoms with van der Waals surface area (Å²) in [5.41, 5.74) is 3.17. The number of sulfone groups is 1. The molecule has 2 amide bonds. The molecular weight excluding hydrogens is 480 g/mol. The van der Waals surface area contributed by atoms with Crippen molar-refractivity contribution in [1.82, 2.24) is 0 Å². The molecule has 1 unspecified atom stereocenters. The molecule has 1 aliphatic rings. The number of amides is 2. The summed E-state index contributed by atoms with van der Waals surface area (Å²) in [6, 6.07) is 16.6. The van der Waals surface area contributed by atoms with Crippen molar-refractivity contribution in [3.8, 4) is 11.5 Å². The van der Waals surface area contributed by atoms with Crippen LogP contribution in [0.25, 0.3) is 0 Å². The highest BCUT2D eigenvalue weighted by Gasteiger charge is 2.40. The Hall–Kier alpha value is -3.85. The third-order valence-corrected chi connectivity index (χ3v) is 8.60. The number of anilines is 2. The number of rotatable bonds is 6. The minimum atomic E-state index is -3.98. The number of nitrogens with zero attached hydrogens (tertiary/aromatic N) is 1. The maximum absolute atomic E-state index is 13.8. The first kappa shape index (κ1) is 25.2. The molecule has 0 saturated heterocycles. The fourth-order valence-electron chi connectivity index (χ4n) is 4.33. The Morgan fingerprint density at radius 2 is 1.72 bits per heavy atom. The number of ether oxygens (including phenoxy) is 2. The van der Waals surface area contributed by atoms with Gasteiger partial charge in [0, 0.05) is 12.1 Å². The van der Waals surface area contributed by atoms with E-state index in [4.69, 9.17) is 9.47 Å². The van der Waals surface area contributed by atoms with Gasteiger partial charge in [-0.3, -0.25) is 9.59 Å². The molecule has 188 valence electrons. The third-order valence-electron chi connectivity index (χ3n) is 6.46. The van der Waals surface area contributed by atoms with Gasteiger partial charge in [-0.05, 0) is 60.9 Å². The maximum Gasteiger partial charge on any atom is 0.244 e. The highest BCUT2D eigenvalue weighted by molar-refractivity contribution is 7.92. The standard InChI is InChI=1S/C27H28N2O6S/c1-17-8-7-9-20(18(17)2)28-26(30)16-29-21-10-5-6-11-24(21)36(32,33)25(15-27(29)31)19-12-13-22(34-3)23(14-19)35-4/h5-14,25H,15-16H2,1-4H3,(H,28,30). The lowest BCUT2D eigenvalue weighted by atomic mass is 10.1. The normalized spacial score (nSPS) is 16.6. The summed E-state index contributed by atoms with van der Waals surface area (Å²) in [6.07, 6.45) is -0.330. The first-order chi connectivity index (χ1) is 17.2. The number of para-hydroxylation sites is 1. The molecule has 0 saturated carbocycles. The molecule has 1 aliphatic heterocycles. The second kappa shape index (κ2) is 10.0. The van der Waals surface area contributed by atoms with Crippen molar-refractivity contribution in [2.75, 3.05) is 31.0 Å². The van der Waals surface area contributed by atoms with Crippen molar-refractivity contribution in [2.24, 2.45) is 0 Å². The second-order valence-electron chi connectivity index (χ2n) is 8.60. The summed E-state index contributed by atoms with van der Waals surface area (Å²) in [5.74, 6) is -0.0862. The lowest BCUT2D eigenvalue weighted by Crippen LogP contribution is -2.38. The lowest BCUT2D eigenvalue weighted by Gasteiger charge is -2.22. The molecule has 3 aromatic carbocycles. The van der Waals surface area contributed by atoms with Crippen LogP contribution in [0.4, 0.5) is 11.4 Å². The van der Waals surface area contributed by atoms with Crippen LogP contribution in [-0.4, -0.2) is 41.0 Å². The molecule has 3 aromatic rings. The van der Waals surface area contributed by atoms with Crippen molar-refractivity contribution < 1.29 is 27.5 Å². The fraction of sp³-hybridized carbons (Fsp3) is 0.259. The van der Waals surface area contributed by atoms with Crippen LogP contribution in [0.1, 0.15) is 28.4 Å². The van der Waals surface area contributed by atoms with E-state index in [0.29, 0.717) is 22.7 Å². The van der Waals surface area contributed by atoms with Crippen LogP contribution in [0.2, 0.25) is 0 Å². The van der Waals surface area contributed by atoms with Crippen molar-refractivity contribution in [2.45, 2.75) is 30.4 Å². The van der Waals surface area contributed by atoms with Crippen LogP contribution in [0.3, 0.4) is 0 Å². The number of fused-ring (bicyclic) bond motifs is 1. The Kier molecular flexibility index (Phi) is 7.03. The number of hydrogen-bond acceptors (Lipinski definition) is 6. The molecule has 9 heteroatoms. The van der Waals surface area contributed by atoms with Gasteiger partial charge >= 0.3 is 0 Å². The predicted molar refractivity (Wildman–Crippen MR) is 137 cm³/mol. The van der Waals surface area contributed by atoms with E-state index in [2.05, 4.69) is 5.32 Å². The summed E-state index contributed by atoms with van der Waals surface area (Å²) in [6.45, 7) is 3.52. The average molecular weight is 509 g/mol. The zero-order valence-electron chi connectivity index (χ0n) is 20.6. The third kappa shape index (κ3) is 4.66. The first-order valence-electron chi connectivity index (χ1n) is 11.4. The molecule has 0 aliphatic carbocycles. The van der Waals surface area contributed by atoms with Gasteiger partial charge in [-0.1, -0.05) is 30.3 Å². The number of benzene rings is 3. The largest absolute Gasteiger partial charge is 0.493 e. The van der Waals surface area contributed by atoms with Crippen LogP contribution in [0.15, 0.2) is 65.6 Å². The predicted octanol–water partition coefficient (Wildman–Crippen LogP) is 4.21. The van der Waals surface area contributed by atoms with Gasteiger partial charge in [0.05, 0.1) is 30.1 Å². The van der Waals surface area contributed by atoms with E-state index in [-0.39, 0.29) is 23.5 Å². The molecule has 1 N–H and O–H groups in total. The molecule has 1 atom stereocenters. The Labute approximate surface area is 210 Å². The van der Waals surface area contributed by atoms with E-state index < -0.39 is 26.9 Å². The number of nitrogens with one attached hydrogen (secondary N) is 1. The summed E-state index contributed by atoms with van der Waals surface area (Å²) in [5, 5.41) is 1.69. The number of carbonyl (C=O) groups excluding carboxylic acids is 2. The molecule has 36 heavy (non-hydrogen) atoms. The van der Waals surface area contributed by atoms with Crippen LogP contribution in [0.5, 0.6) is 11.5 Å². The number of carbonyl (C=O) groups is 2. The second-order valence-corrected chi connectivity index (χ2v) is 10.7. The van der Waals surface area contributed by atoms with Gasteiger partial charge in [0.25, 0.3) is 0 Å². The van der Waals surface area contributed by atoms with Crippen LogP contribution in [-0.2, 0) is 19.4 Å². The Morgan fingerprint density at radius 1 is 1.00 bits per heavy atom. The highest BCUT2D eigenvalue weighted by Crippen LogP contribution is 2.42. The summed E-state index contributed by atoms with van der Waals surface area (Å²) in [4.78, 5) is 27.7. The fourth-order valence-corrected chi connectivity index (χ4v) is 6.24. The van der Waals surface area contributed by atoms with E-state index in [1.807, 2.05) is 26.0 Å². The Balaban J connectivity index is 1.72. The van der Waals surface area contributed by atoms with E-state index in [1.54, 1.807) is 42.5 Å². The Morgan fingerprint density at radius 3 is 2.44 bits per heavy atom. The lowest BCUT2D eigenvalue weighted by molar-refractivity contribution is -0.121. The van der Waals surface area contributed by atoms with Gasteiger partial charge in [0.2, 0.25) is 11.8 Å². The van der Waals surface area contributed by atoms with Gasteiger partial charge in [-0.25, -0.2) is 8.42 Å². The molecular formula is C27H28N2O6S. The topological polar surface area (TPSA) is 102 Å². The Bertz CT molecular complexity index is 1430. The molecule has 0 spiro atoms. The molecule has 8 nitrogen and oxygen atoms in total. The van der Waals surface area contributed by atoms with Crippen molar-refractivity contribution >= 4 is 33.0 Å². The summed E-state index contributed by atoms with van der Waals surface area (Å²) in [7, 11) is -1.04. The number of aryl methyl sites for hydroxylation is 1. The van der Waals surface area contributed by atoms with E-state index in [1.165, 1.54) is 25.2 Å². The SMILES string of the molecule is COc1ccc(C2CC(=O)N(CC(=O)Nc3cccc(C)c3C)c3ccccc3S2(=O)=O)cc1OC. The number of hydrogen-bond donors (Lipinski definition) is 1. The maximum atomic E-state index is 13.8.